The summed E-state index contributed by atoms with van der Waals surface area (Å²) in [5.74, 6) is 1.61. The molecule has 2 saturated heterocycles. The SMILES string of the molecule is CCc1nccn1CCN1CCC[C@]2(CCC(=O)N(C3CCCC3)C2)C1. The van der Waals surface area contributed by atoms with Crippen molar-refractivity contribution in [3.05, 3.63) is 18.2 Å². The zero-order valence-corrected chi connectivity index (χ0v) is 16.3. The Bertz CT molecular complexity index is 621. The average Bonchev–Trinajstić information content (AvgIpc) is 3.34. The van der Waals surface area contributed by atoms with E-state index in [1.807, 2.05) is 6.20 Å². The second-order valence-corrected chi connectivity index (χ2v) is 8.73. The number of likely N-dealkylation sites (tertiary alicyclic amines) is 2. The van der Waals surface area contributed by atoms with Crippen molar-refractivity contribution in [2.75, 3.05) is 26.2 Å². The molecule has 3 aliphatic rings. The highest BCUT2D eigenvalue weighted by molar-refractivity contribution is 5.77. The molecule has 3 heterocycles. The average molecular weight is 359 g/mol. The summed E-state index contributed by atoms with van der Waals surface area (Å²) in [7, 11) is 0. The molecule has 5 nitrogen and oxygen atoms in total. The predicted molar refractivity (Wildman–Crippen MR) is 103 cm³/mol. The molecule has 0 radical (unpaired) electrons. The minimum Gasteiger partial charge on any atom is -0.339 e. The van der Waals surface area contributed by atoms with Gasteiger partial charge in [0.05, 0.1) is 0 Å². The van der Waals surface area contributed by atoms with Crippen LogP contribution >= 0.6 is 0 Å². The van der Waals surface area contributed by atoms with Crippen LogP contribution in [0, 0.1) is 5.41 Å². The molecule has 1 aliphatic carbocycles. The van der Waals surface area contributed by atoms with Crippen LogP contribution in [0.5, 0.6) is 0 Å². The quantitative estimate of drug-likeness (QED) is 0.812. The van der Waals surface area contributed by atoms with Gasteiger partial charge in [0.2, 0.25) is 5.91 Å². The third kappa shape index (κ3) is 3.68. The van der Waals surface area contributed by atoms with E-state index < -0.39 is 0 Å². The van der Waals surface area contributed by atoms with Crippen molar-refractivity contribution in [1.29, 1.82) is 0 Å². The first-order valence-corrected chi connectivity index (χ1v) is 10.7. The fraction of sp³-hybridized carbons (Fsp3) is 0.810. The van der Waals surface area contributed by atoms with E-state index in [2.05, 4.69) is 32.5 Å². The first-order valence-electron chi connectivity index (χ1n) is 10.7. The van der Waals surface area contributed by atoms with E-state index in [-0.39, 0.29) is 0 Å². The van der Waals surface area contributed by atoms with Crippen molar-refractivity contribution in [2.24, 2.45) is 5.41 Å². The number of aromatic nitrogens is 2. The monoisotopic (exact) mass is 358 g/mol. The lowest BCUT2D eigenvalue weighted by molar-refractivity contribution is -0.142. The molecule has 0 bridgehead atoms. The summed E-state index contributed by atoms with van der Waals surface area (Å²) in [4.78, 5) is 21.9. The molecule has 3 fully saturated rings. The largest absolute Gasteiger partial charge is 0.339 e. The van der Waals surface area contributed by atoms with Gasteiger partial charge in [-0.3, -0.25) is 4.79 Å². The Morgan fingerprint density at radius 3 is 2.81 bits per heavy atom. The zero-order chi connectivity index (χ0) is 18.0. The number of hydrogen-bond acceptors (Lipinski definition) is 3. The van der Waals surface area contributed by atoms with Crippen molar-refractivity contribution in [3.63, 3.8) is 0 Å². The molecule has 0 unspecified atom stereocenters. The van der Waals surface area contributed by atoms with Crippen molar-refractivity contribution < 1.29 is 4.79 Å². The summed E-state index contributed by atoms with van der Waals surface area (Å²) in [6.07, 6.45) is 14.5. The van der Waals surface area contributed by atoms with Gasteiger partial charge >= 0.3 is 0 Å². The van der Waals surface area contributed by atoms with Gasteiger partial charge in [-0.05, 0) is 38.6 Å². The van der Waals surface area contributed by atoms with E-state index in [1.54, 1.807) is 0 Å². The second kappa shape index (κ2) is 7.71. The normalized spacial score (nSPS) is 28.3. The number of imidazole rings is 1. The molecule has 144 valence electrons. The maximum atomic E-state index is 12.5. The third-order valence-electron chi connectivity index (χ3n) is 6.98. The predicted octanol–water partition coefficient (Wildman–Crippen LogP) is 3.09. The Morgan fingerprint density at radius 1 is 1.15 bits per heavy atom. The highest BCUT2D eigenvalue weighted by Gasteiger charge is 2.43. The van der Waals surface area contributed by atoms with Gasteiger partial charge < -0.3 is 14.4 Å². The minimum absolute atomic E-state index is 0.345. The highest BCUT2D eigenvalue weighted by atomic mass is 16.2. The van der Waals surface area contributed by atoms with Crippen molar-refractivity contribution in [2.45, 2.75) is 77.3 Å². The fourth-order valence-corrected chi connectivity index (χ4v) is 5.53. The first-order chi connectivity index (χ1) is 12.7. The Morgan fingerprint density at radius 2 is 2.00 bits per heavy atom. The van der Waals surface area contributed by atoms with Crippen molar-refractivity contribution in [3.8, 4) is 0 Å². The molecule has 1 aromatic heterocycles. The van der Waals surface area contributed by atoms with Crippen LogP contribution in [0.4, 0.5) is 0 Å². The van der Waals surface area contributed by atoms with Gasteiger partial charge in [0.1, 0.15) is 5.82 Å². The minimum atomic E-state index is 0.345. The summed E-state index contributed by atoms with van der Waals surface area (Å²) < 4.78 is 2.30. The Labute approximate surface area is 157 Å². The van der Waals surface area contributed by atoms with E-state index in [0.29, 0.717) is 17.4 Å². The summed E-state index contributed by atoms with van der Waals surface area (Å²) in [6, 6.07) is 0.535. The first kappa shape index (κ1) is 18.0. The van der Waals surface area contributed by atoms with Crippen LogP contribution in [0.2, 0.25) is 0 Å². The molecule has 1 spiro atoms. The van der Waals surface area contributed by atoms with Gasteiger partial charge in [-0.2, -0.15) is 0 Å². The number of rotatable bonds is 5. The second-order valence-electron chi connectivity index (χ2n) is 8.73. The molecule has 0 N–H and O–H groups in total. The number of hydrogen-bond donors (Lipinski definition) is 0. The molecule has 26 heavy (non-hydrogen) atoms. The van der Waals surface area contributed by atoms with Crippen LogP contribution in [0.1, 0.15) is 64.1 Å². The number of aryl methyl sites for hydroxylation is 1. The molecule has 5 heteroatoms. The smallest absolute Gasteiger partial charge is 0.222 e. The van der Waals surface area contributed by atoms with E-state index >= 15 is 0 Å². The molecule has 0 aromatic carbocycles. The number of carbonyl (C=O) groups is 1. The molecule has 4 rings (SSSR count). The molecular formula is C21H34N4O. The maximum Gasteiger partial charge on any atom is 0.222 e. The number of amides is 1. The van der Waals surface area contributed by atoms with Gasteiger partial charge in [-0.15, -0.1) is 0 Å². The highest BCUT2D eigenvalue weighted by Crippen LogP contribution is 2.41. The number of nitrogens with zero attached hydrogens (tertiary/aromatic N) is 4. The molecule has 1 amide bonds. The van der Waals surface area contributed by atoms with Crippen LogP contribution in [0.15, 0.2) is 12.4 Å². The zero-order valence-electron chi connectivity index (χ0n) is 16.3. The fourth-order valence-electron chi connectivity index (χ4n) is 5.53. The van der Waals surface area contributed by atoms with Crippen LogP contribution in [0.3, 0.4) is 0 Å². The Hall–Kier alpha value is -1.36. The van der Waals surface area contributed by atoms with Crippen LogP contribution in [0.25, 0.3) is 0 Å². The number of carbonyl (C=O) groups excluding carboxylic acids is 1. The molecule has 1 atom stereocenters. The van der Waals surface area contributed by atoms with E-state index in [9.17, 15) is 4.79 Å². The van der Waals surface area contributed by atoms with Gasteiger partial charge in [0.15, 0.2) is 0 Å². The summed E-state index contributed by atoms with van der Waals surface area (Å²) >= 11 is 0. The lowest BCUT2D eigenvalue weighted by Gasteiger charge is -2.49. The van der Waals surface area contributed by atoms with E-state index in [1.165, 1.54) is 57.4 Å². The molecular weight excluding hydrogens is 324 g/mol. The Balaban J connectivity index is 1.38. The molecule has 2 aliphatic heterocycles. The lowest BCUT2D eigenvalue weighted by atomic mass is 9.73. The van der Waals surface area contributed by atoms with Crippen LogP contribution in [-0.2, 0) is 17.8 Å². The van der Waals surface area contributed by atoms with Gasteiger partial charge in [-0.1, -0.05) is 19.8 Å². The summed E-state index contributed by atoms with van der Waals surface area (Å²) in [5.41, 5.74) is 0.345. The third-order valence-corrected chi connectivity index (χ3v) is 6.98. The van der Waals surface area contributed by atoms with Gasteiger partial charge in [0, 0.05) is 62.9 Å². The summed E-state index contributed by atoms with van der Waals surface area (Å²) in [5, 5.41) is 0. The number of piperidine rings is 2. The summed E-state index contributed by atoms with van der Waals surface area (Å²) in [6.45, 7) is 7.69. The topological polar surface area (TPSA) is 41.4 Å². The van der Waals surface area contributed by atoms with E-state index in [4.69, 9.17) is 0 Å². The Kier molecular flexibility index (Phi) is 5.35. The van der Waals surface area contributed by atoms with Crippen molar-refractivity contribution in [1.82, 2.24) is 19.4 Å². The van der Waals surface area contributed by atoms with E-state index in [0.717, 1.165) is 38.9 Å². The van der Waals surface area contributed by atoms with Gasteiger partial charge in [-0.25, -0.2) is 4.98 Å². The van der Waals surface area contributed by atoms with Crippen LogP contribution < -0.4 is 0 Å². The van der Waals surface area contributed by atoms with Crippen molar-refractivity contribution >= 4 is 5.91 Å². The van der Waals surface area contributed by atoms with Crippen LogP contribution in [-0.4, -0.2) is 57.5 Å². The molecule has 1 aromatic rings. The lowest BCUT2D eigenvalue weighted by Crippen LogP contribution is -2.56. The standard InChI is InChI=1S/C21H34N4O/c1-2-19-22-11-13-24(19)15-14-23-12-5-9-21(16-23)10-8-20(26)25(17-21)18-6-3-4-7-18/h11,13,18H,2-10,12,14-17H2,1H3/t21-/m0/s1. The molecule has 1 saturated carbocycles. The maximum absolute atomic E-state index is 12.5. The van der Waals surface area contributed by atoms with Gasteiger partial charge in [0.25, 0.3) is 0 Å².